The third-order valence-corrected chi connectivity index (χ3v) is 2.27. The fourth-order valence-electron chi connectivity index (χ4n) is 1.70. The zero-order valence-electron chi connectivity index (χ0n) is 6.85. The van der Waals surface area contributed by atoms with Crippen LogP contribution in [0.4, 0.5) is 0 Å². The highest BCUT2D eigenvalue weighted by molar-refractivity contribution is 5.86. The fraction of sp³-hybridized carbons (Fsp3) is 0.750. The van der Waals surface area contributed by atoms with Crippen molar-refractivity contribution in [3.05, 3.63) is 0 Å². The van der Waals surface area contributed by atoms with Crippen LogP contribution in [0.3, 0.4) is 0 Å². The summed E-state index contributed by atoms with van der Waals surface area (Å²) in [5.41, 5.74) is -0.700. The van der Waals surface area contributed by atoms with E-state index >= 15 is 0 Å². The maximum absolute atomic E-state index is 11.2. The minimum absolute atomic E-state index is 0.127. The predicted octanol–water partition coefficient (Wildman–Crippen LogP) is 0.672. The van der Waals surface area contributed by atoms with E-state index < -0.39 is 5.41 Å². The van der Waals surface area contributed by atoms with E-state index in [1.807, 2.05) is 0 Å². The lowest BCUT2D eigenvalue weighted by Crippen LogP contribution is -2.46. The second-order valence-electron chi connectivity index (χ2n) is 3.29. The highest BCUT2D eigenvalue weighted by Gasteiger charge is 2.48. The zero-order chi connectivity index (χ0) is 8.48. The number of hydrogen-bond donors (Lipinski definition) is 1. The fourth-order valence-corrected chi connectivity index (χ4v) is 1.70. The molecule has 1 N–H and O–H groups in total. The molecule has 0 aromatic carbocycles. The van der Waals surface area contributed by atoms with Gasteiger partial charge in [0.2, 0.25) is 5.91 Å². The van der Waals surface area contributed by atoms with Gasteiger partial charge in [-0.2, -0.15) is 5.26 Å². The molecule has 0 saturated heterocycles. The summed E-state index contributed by atoms with van der Waals surface area (Å²) in [6, 6.07) is 2.08. The van der Waals surface area contributed by atoms with Crippen LogP contribution in [0.2, 0.25) is 0 Å². The standard InChI is InChI=1S/C8H12N2O/c1-6-3-8(4-6,5-9)7(11)10-2/h6H,3-4H2,1-2H3,(H,10,11). The molecule has 0 unspecified atom stereocenters. The summed E-state index contributed by atoms with van der Waals surface area (Å²) < 4.78 is 0. The van der Waals surface area contributed by atoms with Crippen LogP contribution < -0.4 is 5.32 Å². The van der Waals surface area contributed by atoms with E-state index in [0.29, 0.717) is 18.8 Å². The first-order chi connectivity index (χ1) is 5.14. The number of carbonyl (C=O) groups excluding carboxylic acids is 1. The number of nitrogens with one attached hydrogen (secondary N) is 1. The van der Waals surface area contributed by atoms with Gasteiger partial charge in [0.1, 0.15) is 5.41 Å². The van der Waals surface area contributed by atoms with Gasteiger partial charge in [0.25, 0.3) is 0 Å². The summed E-state index contributed by atoms with van der Waals surface area (Å²) in [4.78, 5) is 11.2. The van der Waals surface area contributed by atoms with Gasteiger partial charge in [0.05, 0.1) is 6.07 Å². The first kappa shape index (κ1) is 8.06. The Labute approximate surface area is 66.4 Å². The predicted molar refractivity (Wildman–Crippen MR) is 40.5 cm³/mol. The molecule has 3 nitrogen and oxygen atoms in total. The van der Waals surface area contributed by atoms with E-state index in [1.54, 1.807) is 7.05 Å². The van der Waals surface area contributed by atoms with Crippen LogP contribution in [-0.2, 0) is 4.79 Å². The van der Waals surface area contributed by atoms with E-state index in [9.17, 15) is 4.79 Å². The van der Waals surface area contributed by atoms with E-state index in [1.165, 1.54) is 0 Å². The summed E-state index contributed by atoms with van der Waals surface area (Å²) in [7, 11) is 1.57. The molecule has 1 fully saturated rings. The number of amides is 1. The molecule has 1 saturated carbocycles. The molecule has 1 aliphatic carbocycles. The van der Waals surface area contributed by atoms with Crippen molar-refractivity contribution in [2.24, 2.45) is 11.3 Å². The van der Waals surface area contributed by atoms with Crippen LogP contribution in [-0.4, -0.2) is 13.0 Å². The maximum Gasteiger partial charge on any atom is 0.240 e. The SMILES string of the molecule is CNC(=O)C1(C#N)CC(C)C1. The summed E-state index contributed by atoms with van der Waals surface area (Å²) in [5.74, 6) is 0.394. The van der Waals surface area contributed by atoms with Crippen LogP contribution in [0.25, 0.3) is 0 Å². The molecule has 0 aromatic rings. The Morgan fingerprint density at radius 3 is 2.55 bits per heavy atom. The minimum Gasteiger partial charge on any atom is -0.358 e. The monoisotopic (exact) mass is 152 g/mol. The van der Waals surface area contributed by atoms with E-state index in [-0.39, 0.29) is 5.91 Å². The molecule has 1 amide bonds. The second-order valence-corrected chi connectivity index (χ2v) is 3.29. The minimum atomic E-state index is -0.700. The van der Waals surface area contributed by atoms with Crippen molar-refractivity contribution < 1.29 is 4.79 Å². The summed E-state index contributed by atoms with van der Waals surface area (Å²) in [6.45, 7) is 2.05. The largest absolute Gasteiger partial charge is 0.358 e. The highest BCUT2D eigenvalue weighted by atomic mass is 16.2. The summed E-state index contributed by atoms with van der Waals surface area (Å²) in [6.07, 6.45) is 1.42. The second kappa shape index (κ2) is 2.54. The van der Waals surface area contributed by atoms with Crippen LogP contribution >= 0.6 is 0 Å². The number of nitriles is 1. The van der Waals surface area contributed by atoms with Gasteiger partial charge in [-0.15, -0.1) is 0 Å². The van der Waals surface area contributed by atoms with Crippen LogP contribution in [0.1, 0.15) is 19.8 Å². The molecule has 1 rings (SSSR count). The van der Waals surface area contributed by atoms with Crippen molar-refractivity contribution in [2.45, 2.75) is 19.8 Å². The molecule has 3 heteroatoms. The first-order valence-electron chi connectivity index (χ1n) is 3.78. The normalized spacial score (nSPS) is 35.2. The van der Waals surface area contributed by atoms with Gasteiger partial charge in [-0.05, 0) is 18.8 Å². The lowest BCUT2D eigenvalue weighted by atomic mass is 9.63. The quantitative estimate of drug-likeness (QED) is 0.600. The average Bonchev–Trinajstić information content (AvgIpc) is 1.96. The molecule has 0 radical (unpaired) electrons. The van der Waals surface area contributed by atoms with Crippen LogP contribution in [0, 0.1) is 22.7 Å². The third kappa shape index (κ3) is 1.09. The van der Waals surface area contributed by atoms with E-state index in [0.717, 1.165) is 0 Å². The number of carbonyl (C=O) groups is 1. The van der Waals surface area contributed by atoms with Gasteiger partial charge < -0.3 is 5.32 Å². The van der Waals surface area contributed by atoms with Gasteiger partial charge in [-0.3, -0.25) is 4.79 Å². The summed E-state index contributed by atoms with van der Waals surface area (Å²) >= 11 is 0. The van der Waals surface area contributed by atoms with E-state index in [2.05, 4.69) is 18.3 Å². The van der Waals surface area contributed by atoms with Gasteiger partial charge in [0, 0.05) is 7.05 Å². The zero-order valence-corrected chi connectivity index (χ0v) is 6.85. The van der Waals surface area contributed by atoms with Crippen molar-refractivity contribution in [2.75, 3.05) is 7.05 Å². The van der Waals surface area contributed by atoms with Crippen molar-refractivity contribution in [3.63, 3.8) is 0 Å². The van der Waals surface area contributed by atoms with E-state index in [4.69, 9.17) is 5.26 Å². The molecule has 0 aliphatic heterocycles. The number of hydrogen-bond acceptors (Lipinski definition) is 2. The molecule has 1 aliphatic rings. The Kier molecular flexibility index (Phi) is 1.86. The Morgan fingerprint density at radius 1 is 1.73 bits per heavy atom. The van der Waals surface area contributed by atoms with Crippen molar-refractivity contribution in [1.82, 2.24) is 5.32 Å². The van der Waals surface area contributed by atoms with Gasteiger partial charge in [-0.25, -0.2) is 0 Å². The Bertz CT molecular complexity index is 211. The van der Waals surface area contributed by atoms with Gasteiger partial charge in [-0.1, -0.05) is 6.92 Å². The molecule has 60 valence electrons. The smallest absolute Gasteiger partial charge is 0.240 e. The molecule has 0 heterocycles. The highest BCUT2D eigenvalue weighted by Crippen LogP contribution is 2.44. The Balaban J connectivity index is 2.66. The maximum atomic E-state index is 11.2. The van der Waals surface area contributed by atoms with Crippen molar-refractivity contribution >= 4 is 5.91 Å². The first-order valence-corrected chi connectivity index (χ1v) is 3.78. The van der Waals surface area contributed by atoms with Crippen molar-refractivity contribution in [3.8, 4) is 6.07 Å². The topological polar surface area (TPSA) is 52.9 Å². The lowest BCUT2D eigenvalue weighted by molar-refractivity contribution is -0.133. The average molecular weight is 152 g/mol. The molecule has 0 spiro atoms. The molecule has 0 bridgehead atoms. The molecular weight excluding hydrogens is 140 g/mol. The lowest BCUT2D eigenvalue weighted by Gasteiger charge is -2.38. The van der Waals surface area contributed by atoms with Crippen molar-refractivity contribution in [1.29, 1.82) is 5.26 Å². The molecule has 0 atom stereocenters. The van der Waals surface area contributed by atoms with Gasteiger partial charge >= 0.3 is 0 Å². The third-order valence-electron chi connectivity index (χ3n) is 2.27. The number of nitrogens with zero attached hydrogens (tertiary/aromatic N) is 1. The summed E-state index contributed by atoms with van der Waals surface area (Å²) in [5, 5.41) is 11.3. The Morgan fingerprint density at radius 2 is 2.27 bits per heavy atom. The Hall–Kier alpha value is -1.04. The van der Waals surface area contributed by atoms with Gasteiger partial charge in [0.15, 0.2) is 0 Å². The van der Waals surface area contributed by atoms with Crippen LogP contribution in [0.5, 0.6) is 0 Å². The number of rotatable bonds is 1. The molecule has 11 heavy (non-hydrogen) atoms. The van der Waals surface area contributed by atoms with Crippen LogP contribution in [0.15, 0.2) is 0 Å². The molecular formula is C8H12N2O. The molecule has 0 aromatic heterocycles.